The maximum Gasteiger partial charge on any atom is 0.265 e. The number of aryl methyl sites for hydroxylation is 1. The number of rotatable bonds is 6. The van der Waals surface area contributed by atoms with Crippen LogP contribution in [0.5, 0.6) is 0 Å². The van der Waals surface area contributed by atoms with Crippen molar-refractivity contribution in [2.45, 2.75) is 18.4 Å². The number of nitrogens with zero attached hydrogens (tertiary/aromatic N) is 2. The van der Waals surface area contributed by atoms with Crippen LogP contribution < -0.4 is 10.0 Å². The number of anilines is 1. The van der Waals surface area contributed by atoms with Crippen molar-refractivity contribution in [1.82, 2.24) is 15.1 Å². The van der Waals surface area contributed by atoms with Gasteiger partial charge in [0.15, 0.2) is 0 Å². The van der Waals surface area contributed by atoms with Crippen LogP contribution >= 0.6 is 15.9 Å². The van der Waals surface area contributed by atoms with Crippen molar-refractivity contribution >= 4 is 31.6 Å². The number of aromatic nitrogens is 2. The Bertz CT molecular complexity index is 728. The van der Waals surface area contributed by atoms with Gasteiger partial charge in [-0.3, -0.25) is 9.40 Å². The van der Waals surface area contributed by atoms with Gasteiger partial charge in [0.05, 0.1) is 18.4 Å². The molecule has 0 aliphatic carbocycles. The Morgan fingerprint density at radius 3 is 2.86 bits per heavy atom. The lowest BCUT2D eigenvalue weighted by molar-refractivity contribution is 0.582. The van der Waals surface area contributed by atoms with Crippen molar-refractivity contribution in [2.24, 2.45) is 0 Å². The minimum atomic E-state index is -3.63. The summed E-state index contributed by atoms with van der Waals surface area (Å²) >= 11 is 3.33. The number of benzene rings is 1. The Kier molecular flexibility index (Phi) is 5.02. The number of hydrogen-bond donors (Lipinski definition) is 2. The molecule has 0 saturated heterocycles. The molecule has 0 spiro atoms. The second-order valence-electron chi connectivity index (χ2n) is 4.61. The van der Waals surface area contributed by atoms with Gasteiger partial charge in [0, 0.05) is 17.2 Å². The molecule has 0 bridgehead atoms. The van der Waals surface area contributed by atoms with Crippen LogP contribution in [-0.2, 0) is 16.6 Å². The zero-order chi connectivity index (χ0) is 15.5. The van der Waals surface area contributed by atoms with E-state index in [1.54, 1.807) is 10.7 Å². The van der Waals surface area contributed by atoms with E-state index in [1.807, 2.05) is 26.1 Å². The van der Waals surface area contributed by atoms with Crippen LogP contribution in [-0.4, -0.2) is 31.8 Å². The molecule has 0 saturated carbocycles. The molecule has 0 unspecified atom stereocenters. The first kappa shape index (κ1) is 16.0. The molecular weight excluding hydrogens is 356 g/mol. The SMILES string of the molecule is CNCCn1cc(S(=O)(=O)Nc2cc(Br)ccc2C)cn1. The lowest BCUT2D eigenvalue weighted by atomic mass is 10.2. The molecule has 2 rings (SSSR count). The summed E-state index contributed by atoms with van der Waals surface area (Å²) in [5.74, 6) is 0. The molecule has 114 valence electrons. The molecule has 0 aliphatic heterocycles. The Labute approximate surface area is 132 Å². The largest absolute Gasteiger partial charge is 0.318 e. The molecule has 0 radical (unpaired) electrons. The summed E-state index contributed by atoms with van der Waals surface area (Å²) in [6.07, 6.45) is 2.87. The van der Waals surface area contributed by atoms with Gasteiger partial charge >= 0.3 is 0 Å². The minimum absolute atomic E-state index is 0.151. The van der Waals surface area contributed by atoms with E-state index in [1.165, 1.54) is 12.4 Å². The van der Waals surface area contributed by atoms with Gasteiger partial charge in [-0.05, 0) is 31.7 Å². The highest BCUT2D eigenvalue weighted by molar-refractivity contribution is 9.10. The monoisotopic (exact) mass is 372 g/mol. The van der Waals surface area contributed by atoms with Crippen LogP contribution in [0, 0.1) is 6.92 Å². The Morgan fingerprint density at radius 2 is 2.14 bits per heavy atom. The van der Waals surface area contributed by atoms with E-state index in [9.17, 15) is 8.42 Å². The summed E-state index contributed by atoms with van der Waals surface area (Å²) in [6, 6.07) is 5.44. The van der Waals surface area contributed by atoms with Gasteiger partial charge in [0.1, 0.15) is 4.90 Å². The molecular formula is C13H17BrN4O2S. The second kappa shape index (κ2) is 6.59. The molecule has 1 heterocycles. The molecule has 8 heteroatoms. The number of likely N-dealkylation sites (N-methyl/N-ethyl adjacent to an activating group) is 1. The Hall–Kier alpha value is -1.38. The number of nitrogens with one attached hydrogen (secondary N) is 2. The summed E-state index contributed by atoms with van der Waals surface area (Å²) < 4.78 is 29.7. The highest BCUT2D eigenvalue weighted by atomic mass is 79.9. The van der Waals surface area contributed by atoms with Crippen molar-refractivity contribution < 1.29 is 8.42 Å². The number of sulfonamides is 1. The molecule has 0 amide bonds. The fourth-order valence-electron chi connectivity index (χ4n) is 1.74. The second-order valence-corrected chi connectivity index (χ2v) is 7.21. The van der Waals surface area contributed by atoms with Crippen molar-refractivity contribution in [3.8, 4) is 0 Å². The Morgan fingerprint density at radius 1 is 1.38 bits per heavy atom. The molecule has 0 atom stereocenters. The van der Waals surface area contributed by atoms with Crippen LogP contribution in [0.4, 0.5) is 5.69 Å². The highest BCUT2D eigenvalue weighted by Gasteiger charge is 2.17. The third-order valence-corrected chi connectivity index (χ3v) is 4.77. The first-order valence-electron chi connectivity index (χ1n) is 6.38. The molecule has 0 fully saturated rings. The standard InChI is InChI=1S/C13H17BrN4O2S/c1-10-3-4-11(14)7-13(10)17-21(19,20)12-8-16-18(9-12)6-5-15-2/h3-4,7-9,15,17H,5-6H2,1-2H3. The van der Waals surface area contributed by atoms with Crippen molar-refractivity contribution in [3.63, 3.8) is 0 Å². The average Bonchev–Trinajstić information content (AvgIpc) is 2.90. The van der Waals surface area contributed by atoms with Crippen molar-refractivity contribution in [2.75, 3.05) is 18.3 Å². The van der Waals surface area contributed by atoms with Crippen LogP contribution in [0.15, 0.2) is 40.0 Å². The van der Waals surface area contributed by atoms with E-state index in [2.05, 4.69) is 31.1 Å². The fraction of sp³-hybridized carbons (Fsp3) is 0.308. The van der Waals surface area contributed by atoms with Gasteiger partial charge in [0.2, 0.25) is 0 Å². The zero-order valence-electron chi connectivity index (χ0n) is 11.8. The Balaban J connectivity index is 2.22. The highest BCUT2D eigenvalue weighted by Crippen LogP contribution is 2.23. The van der Waals surface area contributed by atoms with Crippen molar-refractivity contribution in [1.29, 1.82) is 0 Å². The van der Waals surface area contributed by atoms with Crippen LogP contribution in [0.3, 0.4) is 0 Å². The van der Waals surface area contributed by atoms with E-state index in [-0.39, 0.29) is 4.90 Å². The summed E-state index contributed by atoms with van der Waals surface area (Å²) in [5.41, 5.74) is 1.40. The minimum Gasteiger partial charge on any atom is -0.318 e. The average molecular weight is 373 g/mol. The third kappa shape index (κ3) is 4.05. The van der Waals surface area contributed by atoms with E-state index >= 15 is 0 Å². The molecule has 21 heavy (non-hydrogen) atoms. The van der Waals surface area contributed by atoms with Crippen LogP contribution in [0.25, 0.3) is 0 Å². The summed E-state index contributed by atoms with van der Waals surface area (Å²) in [5, 5.41) is 7.04. The molecule has 2 aromatic rings. The first-order chi connectivity index (χ1) is 9.92. The van der Waals surface area contributed by atoms with Gasteiger partial charge in [-0.15, -0.1) is 0 Å². The van der Waals surface area contributed by atoms with Gasteiger partial charge in [-0.2, -0.15) is 5.10 Å². The summed E-state index contributed by atoms with van der Waals surface area (Å²) in [6.45, 7) is 3.18. The van der Waals surface area contributed by atoms with Gasteiger partial charge in [0.25, 0.3) is 10.0 Å². The van der Waals surface area contributed by atoms with Gasteiger partial charge in [-0.1, -0.05) is 22.0 Å². The van der Waals surface area contributed by atoms with Crippen LogP contribution in [0.2, 0.25) is 0 Å². The topological polar surface area (TPSA) is 76.0 Å². The smallest absolute Gasteiger partial charge is 0.265 e. The maximum absolute atomic E-state index is 12.4. The fourth-order valence-corrected chi connectivity index (χ4v) is 3.17. The van der Waals surface area contributed by atoms with Crippen molar-refractivity contribution in [3.05, 3.63) is 40.6 Å². The molecule has 1 aromatic heterocycles. The lowest BCUT2D eigenvalue weighted by Gasteiger charge is -2.09. The zero-order valence-corrected chi connectivity index (χ0v) is 14.2. The summed E-state index contributed by atoms with van der Waals surface area (Å²) in [4.78, 5) is 0.151. The lowest BCUT2D eigenvalue weighted by Crippen LogP contribution is -2.15. The summed E-state index contributed by atoms with van der Waals surface area (Å²) in [7, 11) is -1.80. The van der Waals surface area contributed by atoms with Crippen LogP contribution in [0.1, 0.15) is 5.56 Å². The number of hydrogen-bond acceptors (Lipinski definition) is 4. The molecule has 2 N–H and O–H groups in total. The van der Waals surface area contributed by atoms with E-state index in [4.69, 9.17) is 0 Å². The molecule has 6 nitrogen and oxygen atoms in total. The third-order valence-electron chi connectivity index (χ3n) is 2.95. The first-order valence-corrected chi connectivity index (χ1v) is 8.66. The van der Waals surface area contributed by atoms with E-state index < -0.39 is 10.0 Å². The predicted octanol–water partition coefficient (Wildman–Crippen LogP) is 1.97. The quantitative estimate of drug-likeness (QED) is 0.812. The normalized spacial score (nSPS) is 11.6. The van der Waals surface area contributed by atoms with E-state index in [0.717, 1.165) is 16.6 Å². The molecule has 0 aliphatic rings. The van der Waals surface area contributed by atoms with E-state index in [0.29, 0.717) is 12.2 Å². The van der Waals surface area contributed by atoms with Gasteiger partial charge in [-0.25, -0.2) is 8.42 Å². The van der Waals surface area contributed by atoms with Gasteiger partial charge < -0.3 is 5.32 Å². The predicted molar refractivity (Wildman–Crippen MR) is 85.8 cm³/mol. The number of halogens is 1. The molecule has 1 aromatic carbocycles. The maximum atomic E-state index is 12.4.